The number of fused-ring (bicyclic) bond motifs is 1. The summed E-state index contributed by atoms with van der Waals surface area (Å²) in [6.07, 6.45) is 0.961. The van der Waals surface area contributed by atoms with Crippen molar-refractivity contribution in [3.8, 4) is 0 Å². The minimum Gasteiger partial charge on any atom is -0.444 e. The van der Waals surface area contributed by atoms with E-state index in [-0.39, 0.29) is 11.6 Å². The minimum atomic E-state index is -0.401. The van der Waals surface area contributed by atoms with E-state index in [4.69, 9.17) is 4.74 Å². The molecule has 2 atom stereocenters. The van der Waals surface area contributed by atoms with Crippen molar-refractivity contribution in [2.75, 3.05) is 13.1 Å². The first-order valence-corrected chi connectivity index (χ1v) is 6.42. The Morgan fingerprint density at radius 2 is 2.00 bits per heavy atom. The third kappa shape index (κ3) is 2.92. The summed E-state index contributed by atoms with van der Waals surface area (Å²) in [7, 11) is 0. The molecule has 17 heavy (non-hydrogen) atoms. The van der Waals surface area contributed by atoms with Crippen molar-refractivity contribution in [1.82, 2.24) is 10.2 Å². The number of amides is 1. The maximum atomic E-state index is 11.9. The lowest BCUT2D eigenvalue weighted by atomic mass is 9.96. The summed E-state index contributed by atoms with van der Waals surface area (Å²) in [4.78, 5) is 13.8. The van der Waals surface area contributed by atoms with E-state index in [0.29, 0.717) is 12.0 Å². The van der Waals surface area contributed by atoms with Crippen LogP contribution in [0.4, 0.5) is 4.79 Å². The Bertz CT molecular complexity index is 304. The van der Waals surface area contributed by atoms with Gasteiger partial charge >= 0.3 is 6.09 Å². The van der Waals surface area contributed by atoms with E-state index in [1.165, 1.54) is 0 Å². The molecule has 98 valence electrons. The second-order valence-electron chi connectivity index (χ2n) is 6.98. The number of hydrogen-bond acceptors (Lipinski definition) is 3. The minimum absolute atomic E-state index is 0.175. The molecule has 2 aliphatic rings. The first-order chi connectivity index (χ1) is 7.66. The van der Waals surface area contributed by atoms with Crippen LogP contribution in [0.25, 0.3) is 0 Å². The van der Waals surface area contributed by atoms with Crippen molar-refractivity contribution in [2.45, 2.75) is 58.2 Å². The molecule has 2 rings (SSSR count). The molecule has 0 saturated carbocycles. The first kappa shape index (κ1) is 12.7. The predicted octanol–water partition coefficient (Wildman–Crippen LogP) is 1.99. The van der Waals surface area contributed by atoms with Crippen molar-refractivity contribution in [2.24, 2.45) is 5.92 Å². The summed E-state index contributed by atoms with van der Waals surface area (Å²) < 4.78 is 5.40. The van der Waals surface area contributed by atoms with Crippen LogP contribution in [0.15, 0.2) is 0 Å². The predicted molar refractivity (Wildman–Crippen MR) is 66.9 cm³/mol. The number of ether oxygens (including phenoxy) is 1. The summed E-state index contributed by atoms with van der Waals surface area (Å²) in [5.74, 6) is 0.581. The Morgan fingerprint density at radius 1 is 1.35 bits per heavy atom. The van der Waals surface area contributed by atoms with E-state index in [9.17, 15) is 4.79 Å². The second kappa shape index (κ2) is 3.87. The highest BCUT2D eigenvalue weighted by Gasteiger charge is 2.45. The third-order valence-electron chi connectivity index (χ3n) is 3.44. The highest BCUT2D eigenvalue weighted by atomic mass is 16.6. The average molecular weight is 240 g/mol. The highest BCUT2D eigenvalue weighted by Crippen LogP contribution is 2.34. The molecule has 0 aromatic rings. The standard InChI is InChI=1S/C13H24N2O2/c1-12(2,3)17-11(16)15-7-9-6-13(4,5)14-10(9)8-15/h9-10,14H,6-8H2,1-5H3. The molecule has 0 aromatic heterocycles. The zero-order valence-electron chi connectivity index (χ0n) is 11.5. The van der Waals surface area contributed by atoms with Gasteiger partial charge < -0.3 is 15.0 Å². The van der Waals surface area contributed by atoms with Crippen LogP contribution < -0.4 is 5.32 Å². The van der Waals surface area contributed by atoms with Crippen LogP contribution >= 0.6 is 0 Å². The Hall–Kier alpha value is -0.770. The fourth-order valence-electron chi connectivity index (χ4n) is 2.93. The zero-order chi connectivity index (χ0) is 12.8. The van der Waals surface area contributed by atoms with Gasteiger partial charge in [-0.1, -0.05) is 0 Å². The molecule has 0 spiro atoms. The Labute approximate surface area is 104 Å². The van der Waals surface area contributed by atoms with Gasteiger partial charge in [0, 0.05) is 24.7 Å². The molecule has 2 unspecified atom stereocenters. The van der Waals surface area contributed by atoms with Gasteiger partial charge in [-0.2, -0.15) is 0 Å². The number of carbonyl (C=O) groups is 1. The van der Waals surface area contributed by atoms with Crippen LogP contribution in [0.5, 0.6) is 0 Å². The fraction of sp³-hybridized carbons (Fsp3) is 0.923. The van der Waals surface area contributed by atoms with Gasteiger partial charge in [0.2, 0.25) is 0 Å². The summed E-state index contributed by atoms with van der Waals surface area (Å²) in [5.41, 5.74) is -0.184. The maximum Gasteiger partial charge on any atom is 0.410 e. The summed E-state index contributed by atoms with van der Waals surface area (Å²) >= 11 is 0. The molecule has 1 amide bonds. The molecule has 0 radical (unpaired) electrons. The Balaban J connectivity index is 1.91. The first-order valence-electron chi connectivity index (χ1n) is 6.42. The van der Waals surface area contributed by atoms with Crippen molar-refractivity contribution >= 4 is 6.09 Å². The van der Waals surface area contributed by atoms with Gasteiger partial charge in [-0.05, 0) is 47.0 Å². The normalized spacial score (nSPS) is 31.5. The number of carbonyl (C=O) groups excluding carboxylic acids is 1. The molecular formula is C13H24N2O2. The van der Waals surface area contributed by atoms with E-state index in [0.717, 1.165) is 19.5 Å². The van der Waals surface area contributed by atoms with E-state index in [1.54, 1.807) is 0 Å². The van der Waals surface area contributed by atoms with Gasteiger partial charge in [0.15, 0.2) is 0 Å². The zero-order valence-corrected chi connectivity index (χ0v) is 11.5. The summed E-state index contributed by atoms with van der Waals surface area (Å²) in [6.45, 7) is 11.8. The molecule has 4 heteroatoms. The highest BCUT2D eigenvalue weighted by molar-refractivity contribution is 5.68. The largest absolute Gasteiger partial charge is 0.444 e. The van der Waals surface area contributed by atoms with E-state index in [2.05, 4.69) is 19.2 Å². The monoisotopic (exact) mass is 240 g/mol. The second-order valence-corrected chi connectivity index (χ2v) is 6.98. The average Bonchev–Trinajstić information content (AvgIpc) is 2.53. The SMILES string of the molecule is CC1(C)CC2CN(C(=O)OC(C)(C)C)CC2N1. The van der Waals surface area contributed by atoms with Crippen LogP contribution in [0.2, 0.25) is 0 Å². The molecule has 2 saturated heterocycles. The van der Waals surface area contributed by atoms with Gasteiger partial charge in [-0.25, -0.2) is 4.79 Å². The lowest BCUT2D eigenvalue weighted by molar-refractivity contribution is 0.0278. The molecule has 1 N–H and O–H groups in total. The quantitative estimate of drug-likeness (QED) is 0.704. The number of rotatable bonds is 0. The maximum absolute atomic E-state index is 11.9. The molecule has 2 aliphatic heterocycles. The van der Waals surface area contributed by atoms with Crippen LogP contribution in [0.3, 0.4) is 0 Å². The van der Waals surface area contributed by atoms with Gasteiger partial charge in [0.25, 0.3) is 0 Å². The number of hydrogen-bond donors (Lipinski definition) is 1. The van der Waals surface area contributed by atoms with E-state index >= 15 is 0 Å². The van der Waals surface area contributed by atoms with Crippen molar-refractivity contribution in [3.63, 3.8) is 0 Å². The van der Waals surface area contributed by atoms with Crippen molar-refractivity contribution in [3.05, 3.63) is 0 Å². The number of nitrogens with zero attached hydrogens (tertiary/aromatic N) is 1. The van der Waals surface area contributed by atoms with Gasteiger partial charge in [-0.3, -0.25) is 0 Å². The van der Waals surface area contributed by atoms with Crippen LogP contribution in [-0.2, 0) is 4.74 Å². The summed E-state index contributed by atoms with van der Waals surface area (Å²) in [5, 5.41) is 3.59. The van der Waals surface area contributed by atoms with Crippen molar-refractivity contribution < 1.29 is 9.53 Å². The fourth-order valence-corrected chi connectivity index (χ4v) is 2.93. The number of likely N-dealkylation sites (tertiary alicyclic amines) is 1. The summed E-state index contributed by atoms with van der Waals surface area (Å²) in [6, 6.07) is 0.442. The Morgan fingerprint density at radius 3 is 2.53 bits per heavy atom. The topological polar surface area (TPSA) is 41.6 Å². The van der Waals surface area contributed by atoms with Crippen LogP contribution in [0, 0.1) is 5.92 Å². The lowest BCUT2D eigenvalue weighted by Gasteiger charge is -2.27. The van der Waals surface area contributed by atoms with Gasteiger partial charge in [0.1, 0.15) is 5.60 Å². The molecule has 0 aliphatic carbocycles. The molecule has 0 bridgehead atoms. The molecular weight excluding hydrogens is 216 g/mol. The lowest BCUT2D eigenvalue weighted by Crippen LogP contribution is -2.43. The molecule has 2 heterocycles. The third-order valence-corrected chi connectivity index (χ3v) is 3.44. The van der Waals surface area contributed by atoms with Gasteiger partial charge in [0.05, 0.1) is 0 Å². The molecule has 2 fully saturated rings. The van der Waals surface area contributed by atoms with E-state index in [1.807, 2.05) is 25.7 Å². The molecule has 0 aromatic carbocycles. The smallest absolute Gasteiger partial charge is 0.410 e. The molecule has 4 nitrogen and oxygen atoms in total. The number of nitrogens with one attached hydrogen (secondary N) is 1. The van der Waals surface area contributed by atoms with Crippen LogP contribution in [0.1, 0.15) is 41.0 Å². The van der Waals surface area contributed by atoms with Crippen LogP contribution in [-0.4, -0.2) is 41.3 Å². The van der Waals surface area contributed by atoms with Crippen molar-refractivity contribution in [1.29, 1.82) is 0 Å². The van der Waals surface area contributed by atoms with Gasteiger partial charge in [-0.15, -0.1) is 0 Å². The Kier molecular flexibility index (Phi) is 2.89. The van der Waals surface area contributed by atoms with E-state index < -0.39 is 5.60 Å².